The van der Waals surface area contributed by atoms with Crippen LogP contribution in [0.25, 0.3) is 0 Å². The molecule has 0 radical (unpaired) electrons. The van der Waals surface area contributed by atoms with Crippen molar-refractivity contribution in [3.05, 3.63) is 95.6 Å². The Hall–Kier alpha value is -2.88. The second-order valence-electron chi connectivity index (χ2n) is 7.05. The number of unbranched alkanes of at least 4 members (excludes halogenated alkanes) is 2. The fourth-order valence-corrected chi connectivity index (χ4v) is 3.30. The van der Waals surface area contributed by atoms with Gasteiger partial charge in [-0.2, -0.15) is 0 Å². The van der Waals surface area contributed by atoms with E-state index in [2.05, 4.69) is 35.9 Å². The highest BCUT2D eigenvalue weighted by Gasteiger charge is 2.17. The molecule has 3 aromatic rings. The summed E-state index contributed by atoms with van der Waals surface area (Å²) in [5, 5.41) is 0. The largest absolute Gasteiger partial charge is 0.345 e. The maximum Gasteiger partial charge on any atom is 0.254 e. The number of halogens is 1. The van der Waals surface area contributed by atoms with Gasteiger partial charge >= 0.3 is 0 Å². The van der Waals surface area contributed by atoms with Crippen LogP contribution in [0.5, 0.6) is 0 Å². The molecule has 0 saturated carbocycles. The highest BCUT2D eigenvalue weighted by atomic mass is 19.1. The lowest BCUT2D eigenvalue weighted by Crippen LogP contribution is -2.32. The van der Waals surface area contributed by atoms with E-state index >= 15 is 0 Å². The van der Waals surface area contributed by atoms with Crippen LogP contribution in [0.4, 0.5) is 4.39 Å². The van der Waals surface area contributed by atoms with Crippen molar-refractivity contribution in [3.63, 3.8) is 0 Å². The first-order valence-corrected chi connectivity index (χ1v) is 9.90. The third-order valence-corrected chi connectivity index (χ3v) is 4.88. The monoisotopic (exact) mass is 378 g/mol. The fraction of sp³-hybridized carbons (Fsp3) is 0.292. The first-order valence-electron chi connectivity index (χ1n) is 9.90. The van der Waals surface area contributed by atoms with Gasteiger partial charge in [0, 0.05) is 30.5 Å². The van der Waals surface area contributed by atoms with Gasteiger partial charge in [0.15, 0.2) is 0 Å². The molecule has 3 nitrogen and oxygen atoms in total. The van der Waals surface area contributed by atoms with Crippen molar-refractivity contribution in [2.75, 3.05) is 6.54 Å². The summed E-state index contributed by atoms with van der Waals surface area (Å²) < 4.78 is 15.4. The smallest absolute Gasteiger partial charge is 0.254 e. The summed E-state index contributed by atoms with van der Waals surface area (Å²) in [4.78, 5) is 14.9. The van der Waals surface area contributed by atoms with Crippen LogP contribution < -0.4 is 0 Å². The molecule has 0 unspecified atom stereocenters. The van der Waals surface area contributed by atoms with E-state index < -0.39 is 0 Å². The first-order chi connectivity index (χ1) is 13.7. The highest BCUT2D eigenvalue weighted by molar-refractivity contribution is 5.94. The lowest BCUT2D eigenvalue weighted by Gasteiger charge is -2.24. The van der Waals surface area contributed by atoms with Gasteiger partial charge in [-0.05, 0) is 48.4 Å². The molecule has 2 aromatic carbocycles. The van der Waals surface area contributed by atoms with E-state index in [1.165, 1.54) is 17.7 Å². The van der Waals surface area contributed by atoms with Gasteiger partial charge in [-0.3, -0.25) is 4.79 Å². The van der Waals surface area contributed by atoms with Gasteiger partial charge in [-0.15, -0.1) is 0 Å². The third kappa shape index (κ3) is 5.32. The number of benzene rings is 2. The Kier molecular flexibility index (Phi) is 7.01. The molecule has 4 heteroatoms. The molecular weight excluding hydrogens is 351 g/mol. The maximum atomic E-state index is 13.2. The second-order valence-corrected chi connectivity index (χ2v) is 7.05. The van der Waals surface area contributed by atoms with Gasteiger partial charge in [-0.25, -0.2) is 4.39 Å². The number of carbonyl (C=O) groups is 1. The SMILES string of the molecule is CCCCCN(Cc1cccn1Cc1ccccc1)C(=O)c1ccc(F)cc1. The van der Waals surface area contributed by atoms with Crippen LogP contribution in [0.15, 0.2) is 72.9 Å². The number of hydrogen-bond acceptors (Lipinski definition) is 1. The minimum Gasteiger partial charge on any atom is -0.345 e. The molecule has 0 atom stereocenters. The van der Waals surface area contributed by atoms with Crippen LogP contribution in [0.3, 0.4) is 0 Å². The van der Waals surface area contributed by atoms with Crippen LogP contribution in [-0.2, 0) is 13.1 Å². The molecule has 0 fully saturated rings. The molecule has 1 heterocycles. The van der Waals surface area contributed by atoms with E-state index in [0.29, 0.717) is 18.7 Å². The zero-order valence-electron chi connectivity index (χ0n) is 16.4. The van der Waals surface area contributed by atoms with Crippen molar-refractivity contribution in [2.45, 2.75) is 39.3 Å². The molecule has 0 spiro atoms. The number of carbonyl (C=O) groups excluding carboxylic acids is 1. The highest BCUT2D eigenvalue weighted by Crippen LogP contribution is 2.15. The number of hydrogen-bond donors (Lipinski definition) is 0. The Morgan fingerprint density at radius 1 is 0.964 bits per heavy atom. The summed E-state index contributed by atoms with van der Waals surface area (Å²) in [6.07, 6.45) is 5.19. The molecule has 0 N–H and O–H groups in total. The molecule has 0 saturated heterocycles. The van der Waals surface area contributed by atoms with Crippen LogP contribution in [0.1, 0.15) is 47.8 Å². The fourth-order valence-electron chi connectivity index (χ4n) is 3.30. The van der Waals surface area contributed by atoms with Gasteiger partial charge in [0.2, 0.25) is 0 Å². The van der Waals surface area contributed by atoms with Crippen LogP contribution >= 0.6 is 0 Å². The van der Waals surface area contributed by atoms with Crippen molar-refractivity contribution >= 4 is 5.91 Å². The van der Waals surface area contributed by atoms with Crippen molar-refractivity contribution in [1.29, 1.82) is 0 Å². The quantitative estimate of drug-likeness (QED) is 0.451. The van der Waals surface area contributed by atoms with E-state index in [0.717, 1.165) is 31.5 Å². The summed E-state index contributed by atoms with van der Waals surface area (Å²) in [7, 11) is 0. The van der Waals surface area contributed by atoms with Crippen molar-refractivity contribution in [2.24, 2.45) is 0 Å². The van der Waals surface area contributed by atoms with Crippen LogP contribution in [-0.4, -0.2) is 21.9 Å². The zero-order chi connectivity index (χ0) is 19.8. The van der Waals surface area contributed by atoms with Crippen LogP contribution in [0.2, 0.25) is 0 Å². The van der Waals surface area contributed by atoms with Crippen molar-refractivity contribution in [3.8, 4) is 0 Å². The van der Waals surface area contributed by atoms with E-state index in [9.17, 15) is 9.18 Å². The molecule has 0 aliphatic carbocycles. The van der Waals surface area contributed by atoms with Crippen molar-refractivity contribution in [1.82, 2.24) is 9.47 Å². The Morgan fingerprint density at radius 3 is 2.43 bits per heavy atom. The maximum absolute atomic E-state index is 13.2. The predicted molar refractivity (Wildman–Crippen MR) is 111 cm³/mol. The summed E-state index contributed by atoms with van der Waals surface area (Å²) >= 11 is 0. The Labute approximate surface area is 166 Å². The average molecular weight is 378 g/mol. The van der Waals surface area contributed by atoms with Crippen molar-refractivity contribution < 1.29 is 9.18 Å². The summed E-state index contributed by atoms with van der Waals surface area (Å²) in [6.45, 7) is 4.16. The van der Waals surface area contributed by atoms with Gasteiger partial charge in [-0.1, -0.05) is 50.1 Å². The zero-order valence-corrected chi connectivity index (χ0v) is 16.4. The molecule has 146 valence electrons. The molecule has 0 aliphatic heterocycles. The third-order valence-electron chi connectivity index (χ3n) is 4.88. The normalized spacial score (nSPS) is 10.8. The minimum atomic E-state index is -0.328. The molecule has 1 aromatic heterocycles. The molecule has 3 rings (SSSR count). The number of rotatable bonds is 9. The molecule has 0 aliphatic rings. The molecular formula is C24H27FN2O. The minimum absolute atomic E-state index is 0.0523. The lowest BCUT2D eigenvalue weighted by molar-refractivity contribution is 0.0736. The summed E-state index contributed by atoms with van der Waals surface area (Å²) in [6, 6.07) is 20.2. The second kappa shape index (κ2) is 9.88. The number of nitrogens with zero attached hydrogens (tertiary/aromatic N) is 2. The predicted octanol–water partition coefficient (Wildman–Crippen LogP) is 5.51. The lowest BCUT2D eigenvalue weighted by atomic mass is 10.1. The van der Waals surface area contributed by atoms with Crippen LogP contribution in [0, 0.1) is 5.82 Å². The molecule has 0 bridgehead atoms. The standard InChI is InChI=1S/C24H27FN2O/c1-2-3-7-16-27(24(28)21-12-14-22(25)15-13-21)19-23-11-8-17-26(23)18-20-9-5-4-6-10-20/h4-6,8-15,17H,2-3,7,16,18-19H2,1H3. The first kappa shape index (κ1) is 19.9. The van der Waals surface area contributed by atoms with E-state index in [1.54, 1.807) is 12.1 Å². The summed E-state index contributed by atoms with van der Waals surface area (Å²) in [5.74, 6) is -0.380. The Balaban J connectivity index is 1.77. The molecule has 28 heavy (non-hydrogen) atoms. The summed E-state index contributed by atoms with van der Waals surface area (Å²) in [5.41, 5.74) is 2.84. The topological polar surface area (TPSA) is 25.2 Å². The van der Waals surface area contributed by atoms with Gasteiger partial charge < -0.3 is 9.47 Å². The number of aromatic nitrogens is 1. The van der Waals surface area contributed by atoms with E-state index in [1.807, 2.05) is 29.2 Å². The Morgan fingerprint density at radius 2 is 1.71 bits per heavy atom. The Bertz CT molecular complexity index is 871. The van der Waals surface area contributed by atoms with Gasteiger partial charge in [0.25, 0.3) is 5.91 Å². The van der Waals surface area contributed by atoms with Gasteiger partial charge in [0.05, 0.1) is 6.54 Å². The van der Waals surface area contributed by atoms with Gasteiger partial charge in [0.1, 0.15) is 5.82 Å². The molecule has 1 amide bonds. The van der Waals surface area contributed by atoms with E-state index in [-0.39, 0.29) is 11.7 Å². The number of amides is 1. The van der Waals surface area contributed by atoms with E-state index in [4.69, 9.17) is 0 Å². The average Bonchev–Trinajstić information content (AvgIpc) is 3.15.